The average Bonchev–Trinajstić information content (AvgIpc) is 2.87. The third kappa shape index (κ3) is 2.47. The lowest BCUT2D eigenvalue weighted by atomic mass is 10.2. The van der Waals surface area contributed by atoms with Crippen LogP contribution in [0.2, 0.25) is 0 Å². The Labute approximate surface area is 123 Å². The molecule has 1 aromatic carbocycles. The first-order valence-corrected chi connectivity index (χ1v) is 7.11. The Balaban J connectivity index is 2.10. The van der Waals surface area contributed by atoms with Crippen LogP contribution in [0.15, 0.2) is 18.2 Å². The molecule has 0 unspecified atom stereocenters. The van der Waals surface area contributed by atoms with Crippen molar-refractivity contribution in [2.45, 2.75) is 6.92 Å². The second-order valence-electron chi connectivity index (χ2n) is 5.43. The minimum Gasteiger partial charge on any atom is -0.497 e. The quantitative estimate of drug-likeness (QED) is 0.837. The minimum atomic E-state index is -0.0782. The van der Waals surface area contributed by atoms with Crippen molar-refractivity contribution < 1.29 is 9.53 Å². The fraction of sp³-hybridized carbons (Fsp3) is 0.467. The number of hydrogen-bond donors (Lipinski definition) is 0. The van der Waals surface area contributed by atoms with Gasteiger partial charge in [0.2, 0.25) is 5.91 Å². The van der Waals surface area contributed by atoms with Gasteiger partial charge in [0, 0.05) is 38.5 Å². The standard InChI is InChI=1S/C15H20N4O2/c1-11(20)19-14-5-4-12(21-3)10-13(14)15(16-19)18-8-6-17(2)7-9-18/h4-5,10H,6-9H2,1-3H3. The van der Waals surface area contributed by atoms with Crippen LogP contribution in [0.4, 0.5) is 5.82 Å². The van der Waals surface area contributed by atoms with Crippen LogP contribution in [-0.4, -0.2) is 60.9 Å². The number of likely N-dealkylation sites (N-methyl/N-ethyl adjacent to an activating group) is 1. The third-order valence-electron chi connectivity index (χ3n) is 3.97. The summed E-state index contributed by atoms with van der Waals surface area (Å²) in [6.07, 6.45) is 0. The van der Waals surface area contributed by atoms with Crippen molar-refractivity contribution in [1.29, 1.82) is 0 Å². The number of hydrogen-bond acceptors (Lipinski definition) is 5. The molecule has 1 fully saturated rings. The SMILES string of the molecule is COc1ccc2c(c1)c(N1CCN(C)CC1)nn2C(C)=O. The maximum absolute atomic E-state index is 11.8. The smallest absolute Gasteiger partial charge is 0.244 e. The first-order chi connectivity index (χ1) is 10.1. The fourth-order valence-corrected chi connectivity index (χ4v) is 2.70. The lowest BCUT2D eigenvalue weighted by Gasteiger charge is -2.32. The van der Waals surface area contributed by atoms with Crippen molar-refractivity contribution in [3.8, 4) is 5.75 Å². The number of ether oxygens (including phenoxy) is 1. The zero-order chi connectivity index (χ0) is 15.0. The van der Waals surface area contributed by atoms with E-state index in [1.165, 1.54) is 11.6 Å². The molecule has 0 bridgehead atoms. The van der Waals surface area contributed by atoms with Crippen LogP contribution >= 0.6 is 0 Å². The number of carbonyl (C=O) groups excluding carboxylic acids is 1. The van der Waals surface area contributed by atoms with E-state index in [4.69, 9.17) is 4.74 Å². The highest BCUT2D eigenvalue weighted by Gasteiger charge is 2.21. The maximum Gasteiger partial charge on any atom is 0.244 e. The summed E-state index contributed by atoms with van der Waals surface area (Å²) in [5.74, 6) is 1.57. The van der Waals surface area contributed by atoms with E-state index in [-0.39, 0.29) is 5.91 Å². The predicted octanol–water partition coefficient (Wildman–Crippen LogP) is 1.46. The number of nitrogens with zero attached hydrogens (tertiary/aromatic N) is 4. The monoisotopic (exact) mass is 288 g/mol. The van der Waals surface area contributed by atoms with Gasteiger partial charge >= 0.3 is 0 Å². The molecule has 2 aromatic rings. The molecule has 1 aromatic heterocycles. The molecule has 0 atom stereocenters. The summed E-state index contributed by atoms with van der Waals surface area (Å²) >= 11 is 0. The van der Waals surface area contributed by atoms with Gasteiger partial charge in [-0.25, -0.2) is 0 Å². The number of rotatable bonds is 2. The Bertz CT molecular complexity index is 672. The van der Waals surface area contributed by atoms with Crippen LogP contribution < -0.4 is 9.64 Å². The van der Waals surface area contributed by atoms with Crippen molar-refractivity contribution in [1.82, 2.24) is 14.7 Å². The summed E-state index contributed by atoms with van der Waals surface area (Å²) in [6.45, 7) is 5.36. The molecule has 112 valence electrons. The molecule has 0 radical (unpaired) electrons. The molecular formula is C15H20N4O2. The van der Waals surface area contributed by atoms with E-state index in [0.29, 0.717) is 0 Å². The summed E-state index contributed by atoms with van der Waals surface area (Å²) in [7, 11) is 3.76. The maximum atomic E-state index is 11.8. The first kappa shape index (κ1) is 13.9. The van der Waals surface area contributed by atoms with E-state index < -0.39 is 0 Å². The Morgan fingerprint density at radius 2 is 1.95 bits per heavy atom. The summed E-state index contributed by atoms with van der Waals surface area (Å²) in [5, 5.41) is 5.50. The Hall–Kier alpha value is -2.08. The highest BCUT2D eigenvalue weighted by molar-refractivity contribution is 5.97. The van der Waals surface area contributed by atoms with E-state index in [2.05, 4.69) is 21.9 Å². The van der Waals surface area contributed by atoms with Gasteiger partial charge in [0.05, 0.1) is 12.6 Å². The molecule has 2 heterocycles. The zero-order valence-corrected chi connectivity index (χ0v) is 12.7. The van der Waals surface area contributed by atoms with Gasteiger partial charge in [0.15, 0.2) is 5.82 Å². The Morgan fingerprint density at radius 3 is 2.57 bits per heavy atom. The number of methoxy groups -OCH3 is 1. The molecule has 1 aliphatic rings. The van der Waals surface area contributed by atoms with Gasteiger partial charge in [-0.15, -0.1) is 5.10 Å². The molecule has 6 nitrogen and oxygen atoms in total. The predicted molar refractivity (Wildman–Crippen MR) is 82.3 cm³/mol. The molecule has 0 amide bonds. The number of carbonyl (C=O) groups is 1. The summed E-state index contributed by atoms with van der Waals surface area (Å²) in [6, 6.07) is 5.70. The summed E-state index contributed by atoms with van der Waals surface area (Å²) < 4.78 is 6.78. The van der Waals surface area contributed by atoms with Crippen molar-refractivity contribution in [2.24, 2.45) is 0 Å². The fourth-order valence-electron chi connectivity index (χ4n) is 2.70. The van der Waals surface area contributed by atoms with Crippen molar-refractivity contribution in [3.63, 3.8) is 0 Å². The number of aromatic nitrogens is 2. The normalized spacial score (nSPS) is 16.4. The second kappa shape index (κ2) is 5.37. The second-order valence-corrected chi connectivity index (χ2v) is 5.43. The van der Waals surface area contributed by atoms with Crippen LogP contribution in [0.1, 0.15) is 11.7 Å². The van der Waals surface area contributed by atoms with E-state index in [1.54, 1.807) is 7.11 Å². The van der Waals surface area contributed by atoms with Crippen LogP contribution in [0.5, 0.6) is 5.75 Å². The number of fused-ring (bicyclic) bond motifs is 1. The van der Waals surface area contributed by atoms with Crippen LogP contribution in [0.25, 0.3) is 10.9 Å². The lowest BCUT2D eigenvalue weighted by Crippen LogP contribution is -2.44. The van der Waals surface area contributed by atoms with Crippen molar-refractivity contribution in [3.05, 3.63) is 18.2 Å². The molecule has 0 N–H and O–H groups in total. The summed E-state index contributed by atoms with van der Waals surface area (Å²) in [5.41, 5.74) is 0.831. The molecule has 6 heteroatoms. The van der Waals surface area contributed by atoms with Crippen LogP contribution in [0.3, 0.4) is 0 Å². The number of benzene rings is 1. The molecule has 0 aliphatic carbocycles. The zero-order valence-electron chi connectivity index (χ0n) is 12.7. The van der Waals surface area contributed by atoms with Gasteiger partial charge in [-0.05, 0) is 25.2 Å². The molecule has 0 spiro atoms. The number of anilines is 1. The van der Waals surface area contributed by atoms with Gasteiger partial charge < -0.3 is 14.5 Å². The molecule has 1 saturated heterocycles. The third-order valence-corrected chi connectivity index (χ3v) is 3.97. The van der Waals surface area contributed by atoms with Crippen LogP contribution in [-0.2, 0) is 0 Å². The van der Waals surface area contributed by atoms with Crippen molar-refractivity contribution >= 4 is 22.6 Å². The topological polar surface area (TPSA) is 50.6 Å². The van der Waals surface area contributed by atoms with E-state index in [1.807, 2.05) is 18.2 Å². The Morgan fingerprint density at radius 1 is 1.24 bits per heavy atom. The first-order valence-electron chi connectivity index (χ1n) is 7.11. The van der Waals surface area contributed by atoms with Gasteiger partial charge in [-0.2, -0.15) is 4.68 Å². The van der Waals surface area contributed by atoms with E-state index >= 15 is 0 Å². The average molecular weight is 288 g/mol. The molecule has 21 heavy (non-hydrogen) atoms. The highest BCUT2D eigenvalue weighted by atomic mass is 16.5. The molecule has 1 aliphatic heterocycles. The number of piperazine rings is 1. The van der Waals surface area contributed by atoms with Gasteiger partial charge in [-0.3, -0.25) is 4.79 Å². The molecule has 0 saturated carbocycles. The van der Waals surface area contributed by atoms with Crippen molar-refractivity contribution in [2.75, 3.05) is 45.2 Å². The molecular weight excluding hydrogens is 268 g/mol. The van der Waals surface area contributed by atoms with Gasteiger partial charge in [-0.1, -0.05) is 0 Å². The highest BCUT2D eigenvalue weighted by Crippen LogP contribution is 2.30. The Kier molecular flexibility index (Phi) is 3.55. The largest absolute Gasteiger partial charge is 0.497 e. The van der Waals surface area contributed by atoms with Gasteiger partial charge in [0.25, 0.3) is 0 Å². The minimum absolute atomic E-state index is 0.0782. The molecule has 3 rings (SSSR count). The van der Waals surface area contributed by atoms with E-state index in [0.717, 1.165) is 48.6 Å². The van der Waals surface area contributed by atoms with Gasteiger partial charge in [0.1, 0.15) is 5.75 Å². The van der Waals surface area contributed by atoms with Crippen LogP contribution in [0, 0.1) is 0 Å². The van der Waals surface area contributed by atoms with E-state index in [9.17, 15) is 4.79 Å². The lowest BCUT2D eigenvalue weighted by molar-refractivity contribution is 0.0927. The summed E-state index contributed by atoms with van der Waals surface area (Å²) in [4.78, 5) is 16.3.